The molecule has 0 aliphatic rings. The molecule has 108 valence electrons. The molecule has 0 bridgehead atoms. The zero-order valence-electron chi connectivity index (χ0n) is 12.1. The van der Waals surface area contributed by atoms with Crippen LogP contribution in [-0.2, 0) is 5.60 Å². The first-order valence-corrected chi connectivity index (χ1v) is 7.54. The Bertz CT molecular complexity index is 639. The fraction of sp³-hybridized carbons (Fsp3) is 0.263. The van der Waals surface area contributed by atoms with Crippen LogP contribution < -0.4 is 0 Å². The van der Waals surface area contributed by atoms with E-state index in [-0.39, 0.29) is 0 Å². The molecular weight excluding hydrogens is 280 g/mol. The molecular formula is C19H19ClO. The van der Waals surface area contributed by atoms with Crippen molar-refractivity contribution in [2.75, 3.05) is 0 Å². The minimum Gasteiger partial charge on any atom is -0.373 e. The van der Waals surface area contributed by atoms with Gasteiger partial charge in [0.2, 0.25) is 0 Å². The van der Waals surface area contributed by atoms with Crippen molar-refractivity contribution in [3.8, 4) is 23.5 Å². The molecule has 2 aromatic carbocycles. The highest BCUT2D eigenvalue weighted by molar-refractivity contribution is 6.33. The first-order valence-electron chi connectivity index (χ1n) is 7.16. The quantitative estimate of drug-likeness (QED) is 0.769. The summed E-state index contributed by atoms with van der Waals surface area (Å²) in [4.78, 5) is 0. The molecule has 0 saturated carbocycles. The van der Waals surface area contributed by atoms with Crippen molar-refractivity contribution in [1.29, 1.82) is 0 Å². The van der Waals surface area contributed by atoms with E-state index in [2.05, 4.69) is 12.8 Å². The average molecular weight is 299 g/mol. The van der Waals surface area contributed by atoms with Crippen LogP contribution in [0.2, 0.25) is 5.02 Å². The molecule has 0 aromatic heterocycles. The second-order valence-electron chi connectivity index (χ2n) is 5.17. The lowest BCUT2D eigenvalue weighted by molar-refractivity contribution is 0.0877. The Morgan fingerprint density at radius 1 is 1.14 bits per heavy atom. The number of aliphatic hydroxyl groups is 1. The van der Waals surface area contributed by atoms with Gasteiger partial charge in [0.15, 0.2) is 5.60 Å². The number of terminal acetylenes is 1. The van der Waals surface area contributed by atoms with E-state index >= 15 is 0 Å². The van der Waals surface area contributed by atoms with E-state index in [9.17, 15) is 5.11 Å². The molecule has 0 fully saturated rings. The van der Waals surface area contributed by atoms with E-state index in [0.717, 1.165) is 29.5 Å². The molecule has 0 aliphatic carbocycles. The number of hydrogen-bond donors (Lipinski definition) is 1. The number of halogens is 1. The third-order valence-electron chi connectivity index (χ3n) is 3.68. The van der Waals surface area contributed by atoms with Gasteiger partial charge in [-0.3, -0.25) is 0 Å². The molecule has 0 spiro atoms. The summed E-state index contributed by atoms with van der Waals surface area (Å²) >= 11 is 6.20. The van der Waals surface area contributed by atoms with Crippen LogP contribution in [0.5, 0.6) is 0 Å². The summed E-state index contributed by atoms with van der Waals surface area (Å²) in [6.07, 6.45) is 8.00. The Kier molecular flexibility index (Phi) is 5.07. The van der Waals surface area contributed by atoms with Crippen molar-refractivity contribution >= 4 is 11.6 Å². The lowest BCUT2D eigenvalue weighted by Crippen LogP contribution is -2.23. The first kappa shape index (κ1) is 15.6. The van der Waals surface area contributed by atoms with E-state index in [1.807, 2.05) is 48.5 Å². The fourth-order valence-electron chi connectivity index (χ4n) is 2.35. The molecule has 0 saturated heterocycles. The predicted molar refractivity (Wildman–Crippen MR) is 89.1 cm³/mol. The summed E-state index contributed by atoms with van der Waals surface area (Å²) in [7, 11) is 0. The van der Waals surface area contributed by atoms with Crippen LogP contribution in [0.15, 0.2) is 48.5 Å². The zero-order valence-corrected chi connectivity index (χ0v) is 12.9. The molecule has 1 nitrogen and oxygen atoms in total. The van der Waals surface area contributed by atoms with Crippen LogP contribution in [0.4, 0.5) is 0 Å². The maximum Gasteiger partial charge on any atom is 0.150 e. The van der Waals surface area contributed by atoms with Crippen molar-refractivity contribution in [1.82, 2.24) is 0 Å². The largest absolute Gasteiger partial charge is 0.373 e. The summed E-state index contributed by atoms with van der Waals surface area (Å²) in [5, 5.41) is 11.3. The molecule has 1 N–H and O–H groups in total. The fourth-order valence-corrected chi connectivity index (χ4v) is 2.60. The third-order valence-corrected chi connectivity index (χ3v) is 4.01. The maximum atomic E-state index is 10.6. The van der Waals surface area contributed by atoms with Gasteiger partial charge in [-0.2, -0.15) is 0 Å². The smallest absolute Gasteiger partial charge is 0.150 e. The van der Waals surface area contributed by atoms with Gasteiger partial charge in [-0.15, -0.1) is 6.42 Å². The summed E-state index contributed by atoms with van der Waals surface area (Å²) in [5.41, 5.74) is 1.56. The van der Waals surface area contributed by atoms with Crippen molar-refractivity contribution in [2.24, 2.45) is 0 Å². The predicted octanol–water partition coefficient (Wildman–Crippen LogP) is 5.02. The Labute approximate surface area is 131 Å². The molecule has 21 heavy (non-hydrogen) atoms. The summed E-state index contributed by atoms with van der Waals surface area (Å²) in [6, 6.07) is 15.4. The number of unbranched alkanes of at least 4 members (excludes halogenated alkanes) is 1. The average Bonchev–Trinajstić information content (AvgIpc) is 2.53. The van der Waals surface area contributed by atoms with Crippen LogP contribution in [-0.4, -0.2) is 5.11 Å². The number of rotatable bonds is 5. The van der Waals surface area contributed by atoms with Crippen molar-refractivity contribution < 1.29 is 5.11 Å². The zero-order chi connectivity index (χ0) is 15.3. The molecule has 0 radical (unpaired) electrons. The van der Waals surface area contributed by atoms with E-state index in [0.29, 0.717) is 11.4 Å². The molecule has 2 heteroatoms. The Morgan fingerprint density at radius 3 is 2.38 bits per heavy atom. The topological polar surface area (TPSA) is 20.2 Å². The molecule has 0 heterocycles. The molecule has 1 unspecified atom stereocenters. The second-order valence-corrected chi connectivity index (χ2v) is 5.57. The summed E-state index contributed by atoms with van der Waals surface area (Å²) in [5.74, 6) is 2.53. The monoisotopic (exact) mass is 298 g/mol. The third kappa shape index (κ3) is 3.47. The van der Waals surface area contributed by atoms with Crippen LogP contribution in [0.1, 0.15) is 31.7 Å². The van der Waals surface area contributed by atoms with E-state index < -0.39 is 5.60 Å². The van der Waals surface area contributed by atoms with Crippen LogP contribution in [0.25, 0.3) is 11.1 Å². The number of hydrogen-bond acceptors (Lipinski definition) is 1. The summed E-state index contributed by atoms with van der Waals surface area (Å²) < 4.78 is 0. The van der Waals surface area contributed by atoms with Crippen LogP contribution in [0.3, 0.4) is 0 Å². The highest BCUT2D eigenvalue weighted by atomic mass is 35.5. The molecule has 1 atom stereocenters. The maximum absolute atomic E-state index is 10.6. The molecule has 0 amide bonds. The van der Waals surface area contributed by atoms with Gasteiger partial charge < -0.3 is 5.11 Å². The standard InChI is InChI=1S/C19H19ClO/c1-3-5-14-19(21,4-2)16-12-10-15(11-13-16)17-8-6-7-9-18(17)20/h2,6-13,21H,3,5,14H2,1H3. The van der Waals surface area contributed by atoms with Gasteiger partial charge in [0.25, 0.3) is 0 Å². The van der Waals surface area contributed by atoms with E-state index in [4.69, 9.17) is 18.0 Å². The van der Waals surface area contributed by atoms with Gasteiger partial charge in [-0.1, -0.05) is 73.3 Å². The number of benzene rings is 2. The highest BCUT2D eigenvalue weighted by Gasteiger charge is 2.25. The van der Waals surface area contributed by atoms with Crippen LogP contribution in [0, 0.1) is 12.3 Å². The van der Waals surface area contributed by atoms with E-state index in [1.165, 1.54) is 0 Å². The molecule has 0 aliphatic heterocycles. The van der Waals surface area contributed by atoms with Crippen LogP contribution >= 0.6 is 11.6 Å². The van der Waals surface area contributed by atoms with Crippen molar-refractivity contribution in [3.63, 3.8) is 0 Å². The van der Waals surface area contributed by atoms with E-state index in [1.54, 1.807) is 0 Å². The lowest BCUT2D eigenvalue weighted by Gasteiger charge is -2.22. The Balaban J connectivity index is 2.31. The summed E-state index contributed by atoms with van der Waals surface area (Å²) in [6.45, 7) is 2.08. The van der Waals surface area contributed by atoms with Gasteiger partial charge in [0, 0.05) is 10.6 Å². The minimum atomic E-state index is -1.19. The van der Waals surface area contributed by atoms with Gasteiger partial charge in [0.1, 0.15) is 0 Å². The highest BCUT2D eigenvalue weighted by Crippen LogP contribution is 2.31. The Morgan fingerprint density at radius 2 is 1.81 bits per heavy atom. The van der Waals surface area contributed by atoms with Gasteiger partial charge in [0.05, 0.1) is 0 Å². The van der Waals surface area contributed by atoms with Crippen molar-refractivity contribution in [3.05, 3.63) is 59.1 Å². The van der Waals surface area contributed by atoms with Crippen molar-refractivity contribution in [2.45, 2.75) is 31.8 Å². The van der Waals surface area contributed by atoms with Gasteiger partial charge >= 0.3 is 0 Å². The Hall–Kier alpha value is -1.75. The lowest BCUT2D eigenvalue weighted by atomic mass is 9.88. The SMILES string of the molecule is C#CC(O)(CCCC)c1ccc(-c2ccccc2Cl)cc1. The molecule has 2 aromatic rings. The second kappa shape index (κ2) is 6.80. The normalized spacial score (nSPS) is 13.4. The minimum absolute atomic E-state index is 0.575. The van der Waals surface area contributed by atoms with Gasteiger partial charge in [-0.05, 0) is 30.0 Å². The molecule has 2 rings (SSSR count). The van der Waals surface area contributed by atoms with Gasteiger partial charge in [-0.25, -0.2) is 0 Å². The first-order chi connectivity index (χ1) is 10.1.